The molecule has 0 heterocycles. The molecular formula is C14H16Cl2. The van der Waals surface area contributed by atoms with Crippen molar-refractivity contribution < 1.29 is 0 Å². The lowest BCUT2D eigenvalue weighted by Gasteiger charge is -2.16. The summed E-state index contributed by atoms with van der Waals surface area (Å²) >= 11 is 12.0. The van der Waals surface area contributed by atoms with E-state index in [4.69, 9.17) is 23.2 Å². The summed E-state index contributed by atoms with van der Waals surface area (Å²) in [6, 6.07) is 5.67. The van der Waals surface area contributed by atoms with Crippen LogP contribution in [0.2, 0.25) is 10.0 Å². The Bertz CT molecular complexity index is 392. The van der Waals surface area contributed by atoms with Gasteiger partial charge in [0.15, 0.2) is 0 Å². The molecule has 0 aromatic heterocycles. The van der Waals surface area contributed by atoms with E-state index < -0.39 is 0 Å². The van der Waals surface area contributed by atoms with Gasteiger partial charge in [-0.1, -0.05) is 49.9 Å². The molecule has 2 unspecified atom stereocenters. The van der Waals surface area contributed by atoms with E-state index in [2.05, 4.69) is 32.6 Å². The highest BCUT2D eigenvalue weighted by atomic mass is 35.5. The zero-order chi connectivity index (χ0) is 12.1. The van der Waals surface area contributed by atoms with Crippen LogP contribution in [-0.2, 0) is 0 Å². The van der Waals surface area contributed by atoms with Crippen LogP contribution in [-0.4, -0.2) is 0 Å². The van der Waals surface area contributed by atoms with Crippen LogP contribution in [0, 0.1) is 17.8 Å². The van der Waals surface area contributed by atoms with Crippen LogP contribution in [0.3, 0.4) is 0 Å². The Morgan fingerprint density at radius 2 is 1.69 bits per heavy atom. The van der Waals surface area contributed by atoms with Crippen LogP contribution in [0.25, 0.3) is 0 Å². The average Bonchev–Trinajstić information content (AvgIpc) is 2.23. The predicted octanol–water partition coefficient (Wildman–Crippen LogP) is 5.15. The zero-order valence-corrected chi connectivity index (χ0v) is 11.4. The number of hydrogen-bond acceptors (Lipinski definition) is 0. The summed E-state index contributed by atoms with van der Waals surface area (Å²) in [5.41, 5.74) is 1.15. The van der Waals surface area contributed by atoms with Crippen molar-refractivity contribution >= 4 is 23.2 Å². The summed E-state index contributed by atoms with van der Waals surface area (Å²) in [6.45, 7) is 6.33. The normalized spacial score (nSPS) is 13.8. The van der Waals surface area contributed by atoms with Crippen LogP contribution in [0.4, 0.5) is 0 Å². The van der Waals surface area contributed by atoms with E-state index in [1.807, 2.05) is 12.1 Å². The molecule has 0 saturated heterocycles. The Hall–Kier alpha value is -0.640. The second kappa shape index (κ2) is 6.18. The maximum atomic E-state index is 5.98. The Labute approximate surface area is 108 Å². The molecule has 0 radical (unpaired) electrons. The highest BCUT2D eigenvalue weighted by molar-refractivity contribution is 6.34. The maximum absolute atomic E-state index is 5.98. The quantitative estimate of drug-likeness (QED) is 0.641. The topological polar surface area (TPSA) is 0 Å². The second-order valence-corrected chi connectivity index (χ2v) is 4.83. The molecule has 0 bridgehead atoms. The summed E-state index contributed by atoms with van der Waals surface area (Å²) in [4.78, 5) is 0. The molecule has 0 fully saturated rings. The van der Waals surface area contributed by atoms with Crippen molar-refractivity contribution in [1.29, 1.82) is 0 Å². The fraction of sp³-hybridized carbons (Fsp3) is 0.429. The molecule has 0 aliphatic rings. The van der Waals surface area contributed by atoms with Crippen molar-refractivity contribution in [2.45, 2.75) is 33.1 Å². The second-order valence-electron chi connectivity index (χ2n) is 3.95. The standard InChI is InChI=1S/C14H16Cl2/c1-4-5-6-10(2)11(3)12-7-13(15)9-14(16)8-12/h7-11H,4H2,1-3H3. The van der Waals surface area contributed by atoms with E-state index in [9.17, 15) is 0 Å². The molecule has 0 aliphatic carbocycles. The minimum absolute atomic E-state index is 0.314. The molecule has 1 aromatic carbocycles. The molecule has 86 valence electrons. The number of hydrogen-bond donors (Lipinski definition) is 0. The lowest BCUT2D eigenvalue weighted by atomic mass is 9.89. The van der Waals surface area contributed by atoms with Crippen molar-refractivity contribution in [1.82, 2.24) is 0 Å². The molecule has 0 aliphatic heterocycles. The van der Waals surface area contributed by atoms with E-state index in [-0.39, 0.29) is 0 Å². The van der Waals surface area contributed by atoms with Gasteiger partial charge >= 0.3 is 0 Å². The maximum Gasteiger partial charge on any atom is 0.0423 e. The SMILES string of the molecule is CCC#CC(C)C(C)c1cc(Cl)cc(Cl)c1. The van der Waals surface area contributed by atoms with Gasteiger partial charge in [-0.3, -0.25) is 0 Å². The third kappa shape index (κ3) is 3.74. The van der Waals surface area contributed by atoms with Crippen molar-refractivity contribution in [2.75, 3.05) is 0 Å². The fourth-order valence-electron chi connectivity index (χ4n) is 1.51. The fourth-order valence-corrected chi connectivity index (χ4v) is 2.06. The lowest BCUT2D eigenvalue weighted by Crippen LogP contribution is -2.04. The first kappa shape index (κ1) is 13.4. The summed E-state index contributed by atoms with van der Waals surface area (Å²) in [5, 5.41) is 1.37. The highest BCUT2D eigenvalue weighted by Crippen LogP contribution is 2.28. The average molecular weight is 255 g/mol. The van der Waals surface area contributed by atoms with Crippen LogP contribution in [0.5, 0.6) is 0 Å². The van der Waals surface area contributed by atoms with Gasteiger partial charge in [-0.2, -0.15) is 0 Å². The monoisotopic (exact) mass is 254 g/mol. The Balaban J connectivity index is 2.91. The third-order valence-corrected chi connectivity index (χ3v) is 3.10. The summed E-state index contributed by atoms with van der Waals surface area (Å²) in [5.74, 6) is 7.00. The molecule has 2 heteroatoms. The number of rotatable bonds is 2. The van der Waals surface area contributed by atoms with Crippen molar-refractivity contribution in [3.8, 4) is 11.8 Å². The van der Waals surface area contributed by atoms with Gasteiger partial charge in [0.2, 0.25) is 0 Å². The van der Waals surface area contributed by atoms with Gasteiger partial charge < -0.3 is 0 Å². The van der Waals surface area contributed by atoms with Gasteiger partial charge in [-0.05, 0) is 29.7 Å². The van der Waals surface area contributed by atoms with Gasteiger partial charge in [0, 0.05) is 22.4 Å². The van der Waals surface area contributed by atoms with Gasteiger partial charge in [-0.15, -0.1) is 5.92 Å². The molecule has 0 nitrogen and oxygen atoms in total. The first-order valence-corrected chi connectivity index (χ1v) is 6.24. The summed E-state index contributed by atoms with van der Waals surface area (Å²) in [6.07, 6.45) is 0.896. The van der Waals surface area contributed by atoms with Gasteiger partial charge in [0.1, 0.15) is 0 Å². The van der Waals surface area contributed by atoms with E-state index in [0.717, 1.165) is 12.0 Å². The molecule has 0 N–H and O–H groups in total. The van der Waals surface area contributed by atoms with Gasteiger partial charge in [0.05, 0.1) is 0 Å². The molecule has 0 saturated carbocycles. The minimum Gasteiger partial charge on any atom is -0.103 e. The van der Waals surface area contributed by atoms with E-state index in [1.165, 1.54) is 0 Å². The predicted molar refractivity (Wildman–Crippen MR) is 72.1 cm³/mol. The molecule has 1 aromatic rings. The minimum atomic E-state index is 0.314. The zero-order valence-electron chi connectivity index (χ0n) is 9.85. The van der Waals surface area contributed by atoms with E-state index in [0.29, 0.717) is 21.9 Å². The van der Waals surface area contributed by atoms with E-state index in [1.54, 1.807) is 6.07 Å². The third-order valence-electron chi connectivity index (χ3n) is 2.67. The molecular weight excluding hydrogens is 239 g/mol. The Morgan fingerprint density at radius 1 is 1.12 bits per heavy atom. The molecule has 16 heavy (non-hydrogen) atoms. The van der Waals surface area contributed by atoms with Gasteiger partial charge in [-0.25, -0.2) is 0 Å². The van der Waals surface area contributed by atoms with Crippen LogP contribution in [0.15, 0.2) is 18.2 Å². The molecule has 0 amide bonds. The van der Waals surface area contributed by atoms with Crippen LogP contribution in [0.1, 0.15) is 38.7 Å². The van der Waals surface area contributed by atoms with Crippen LogP contribution >= 0.6 is 23.2 Å². The molecule has 2 atom stereocenters. The number of halogens is 2. The summed E-state index contributed by atoms with van der Waals surface area (Å²) < 4.78 is 0. The first-order chi connectivity index (χ1) is 7.54. The molecule has 0 spiro atoms. The van der Waals surface area contributed by atoms with Crippen molar-refractivity contribution in [2.24, 2.45) is 5.92 Å². The Morgan fingerprint density at radius 3 is 2.19 bits per heavy atom. The molecule has 1 rings (SSSR count). The van der Waals surface area contributed by atoms with E-state index >= 15 is 0 Å². The van der Waals surface area contributed by atoms with Crippen molar-refractivity contribution in [3.05, 3.63) is 33.8 Å². The lowest BCUT2D eigenvalue weighted by molar-refractivity contribution is 0.609. The van der Waals surface area contributed by atoms with Gasteiger partial charge in [0.25, 0.3) is 0 Å². The van der Waals surface area contributed by atoms with Crippen LogP contribution < -0.4 is 0 Å². The first-order valence-electron chi connectivity index (χ1n) is 5.49. The van der Waals surface area contributed by atoms with Crippen molar-refractivity contribution in [3.63, 3.8) is 0 Å². The number of benzene rings is 1. The largest absolute Gasteiger partial charge is 0.103 e. The smallest absolute Gasteiger partial charge is 0.0423 e. The summed E-state index contributed by atoms with van der Waals surface area (Å²) in [7, 11) is 0. The highest BCUT2D eigenvalue weighted by Gasteiger charge is 2.13. The Kier molecular flexibility index (Phi) is 5.19.